The number of amidine groups is 2. The third-order valence-electron chi connectivity index (χ3n) is 5.43. The Balaban J connectivity index is 2.17. The molecule has 1 aliphatic rings. The third-order valence-corrected chi connectivity index (χ3v) is 5.68. The largest absolute Gasteiger partial charge is 0.404 e. The quantitative estimate of drug-likeness (QED) is 0.362. The Bertz CT molecular complexity index is 1230. The van der Waals surface area contributed by atoms with Crippen molar-refractivity contribution in [2.75, 3.05) is 32.1 Å². The van der Waals surface area contributed by atoms with Crippen molar-refractivity contribution < 1.29 is 9.90 Å². The Labute approximate surface area is 209 Å². The number of aliphatic imine (C=N–C) groups is 2. The van der Waals surface area contributed by atoms with Crippen molar-refractivity contribution in [3.05, 3.63) is 70.4 Å². The first-order valence-corrected chi connectivity index (χ1v) is 11.2. The second-order valence-electron chi connectivity index (χ2n) is 8.10. The van der Waals surface area contributed by atoms with E-state index in [0.717, 1.165) is 5.56 Å². The highest BCUT2D eigenvalue weighted by molar-refractivity contribution is 6.31. The van der Waals surface area contributed by atoms with E-state index in [9.17, 15) is 9.90 Å². The van der Waals surface area contributed by atoms with Crippen molar-refractivity contribution in [2.45, 2.75) is 13.0 Å². The summed E-state index contributed by atoms with van der Waals surface area (Å²) in [6, 6.07) is 11.7. The summed E-state index contributed by atoms with van der Waals surface area (Å²) in [7, 11) is 3.33. The summed E-state index contributed by atoms with van der Waals surface area (Å²) < 4.78 is 0. The summed E-state index contributed by atoms with van der Waals surface area (Å²) in [6.45, 7) is 1.18. The smallest absolute Gasteiger partial charge is 0.243 e. The number of aliphatic hydroxyl groups excluding tert-OH is 1. The molecule has 5 N–H and O–H groups in total. The molecule has 1 amide bonds. The predicted octanol–water partition coefficient (Wildman–Crippen LogP) is 2.79. The number of halogens is 1. The number of hydrogen-bond acceptors (Lipinski definition) is 7. The number of allylic oxidation sites excluding steroid dienone is 1. The van der Waals surface area contributed by atoms with Gasteiger partial charge in [-0.15, -0.1) is 0 Å². The Morgan fingerprint density at radius 3 is 2.54 bits per heavy atom. The van der Waals surface area contributed by atoms with Gasteiger partial charge in [0, 0.05) is 48.2 Å². The number of rotatable bonds is 6. The molecular weight excluding hydrogens is 466 g/mol. The number of benzene rings is 2. The number of aliphatic hydroxyl groups is 1. The molecule has 0 unspecified atom stereocenters. The van der Waals surface area contributed by atoms with Crippen molar-refractivity contribution in [1.29, 1.82) is 10.8 Å². The van der Waals surface area contributed by atoms with E-state index >= 15 is 0 Å². The Morgan fingerprint density at radius 2 is 1.97 bits per heavy atom. The van der Waals surface area contributed by atoms with Crippen molar-refractivity contribution >= 4 is 52.4 Å². The van der Waals surface area contributed by atoms with Crippen LogP contribution in [0.1, 0.15) is 23.6 Å². The Morgan fingerprint density at radius 1 is 1.29 bits per heavy atom. The molecule has 0 saturated heterocycles. The number of nitrogens with one attached hydrogen (secondary N) is 2. The zero-order valence-corrected chi connectivity index (χ0v) is 20.5. The minimum absolute atomic E-state index is 0.00341. The molecule has 182 valence electrons. The highest BCUT2D eigenvalue weighted by atomic mass is 35.5. The fraction of sp³-hybridized carbons (Fsp3) is 0.240. The van der Waals surface area contributed by atoms with Crippen molar-refractivity contribution in [3.63, 3.8) is 0 Å². The lowest BCUT2D eigenvalue weighted by atomic mass is 9.95. The third kappa shape index (κ3) is 5.64. The van der Waals surface area contributed by atoms with Crippen LogP contribution < -0.4 is 10.6 Å². The van der Waals surface area contributed by atoms with Crippen LogP contribution in [0.25, 0.3) is 5.57 Å². The zero-order chi connectivity index (χ0) is 25.7. The molecule has 35 heavy (non-hydrogen) atoms. The molecule has 0 radical (unpaired) electrons. The van der Waals surface area contributed by atoms with E-state index in [4.69, 9.17) is 33.1 Å². The molecule has 0 aromatic heterocycles. The molecule has 0 aliphatic carbocycles. The van der Waals surface area contributed by atoms with Crippen LogP contribution in [0.3, 0.4) is 0 Å². The van der Waals surface area contributed by atoms with E-state index < -0.39 is 6.04 Å². The van der Waals surface area contributed by atoms with Crippen LogP contribution in [-0.2, 0) is 4.79 Å². The van der Waals surface area contributed by atoms with Gasteiger partial charge in [-0.3, -0.25) is 30.5 Å². The normalized spacial score (nSPS) is 16.1. The van der Waals surface area contributed by atoms with Gasteiger partial charge in [-0.25, -0.2) is 0 Å². The highest BCUT2D eigenvalue weighted by Crippen LogP contribution is 2.32. The van der Waals surface area contributed by atoms with Gasteiger partial charge in [0.25, 0.3) is 0 Å². The van der Waals surface area contributed by atoms with Crippen LogP contribution >= 0.6 is 11.6 Å². The highest BCUT2D eigenvalue weighted by Gasteiger charge is 2.30. The van der Waals surface area contributed by atoms with Crippen LogP contribution in [-0.4, -0.2) is 72.8 Å². The van der Waals surface area contributed by atoms with Crippen molar-refractivity contribution in [3.8, 4) is 0 Å². The Kier molecular flexibility index (Phi) is 8.16. The number of fused-ring (bicyclic) bond motifs is 1. The van der Waals surface area contributed by atoms with Crippen LogP contribution in [0.2, 0.25) is 5.02 Å². The molecule has 9 nitrogen and oxygen atoms in total. The summed E-state index contributed by atoms with van der Waals surface area (Å²) in [5, 5.41) is 27.5. The van der Waals surface area contributed by atoms with E-state index in [1.54, 1.807) is 45.3 Å². The zero-order valence-electron chi connectivity index (χ0n) is 19.8. The second kappa shape index (κ2) is 11.1. The molecule has 1 atom stereocenters. The minimum atomic E-state index is -0.861. The number of hydrogen-bond donors (Lipinski definition) is 4. The molecule has 3 rings (SSSR count). The molecule has 0 saturated carbocycles. The first-order chi connectivity index (χ1) is 16.7. The maximum absolute atomic E-state index is 11.9. The Hall–Kier alpha value is -3.82. The van der Waals surface area contributed by atoms with E-state index in [-0.39, 0.29) is 30.7 Å². The van der Waals surface area contributed by atoms with Crippen LogP contribution in [0.4, 0.5) is 5.69 Å². The first-order valence-electron chi connectivity index (χ1n) is 10.8. The number of nitrogens with two attached hydrogens (primary N) is 1. The molecule has 10 heteroatoms. The SMILES string of the molecule is CC(=N)N1C(=N)[C@H](CO)N=C(c2ccc(Cl)cc2)c2cc(C(C=NCC(=O)N(C)C)=CN)ccc21. The summed E-state index contributed by atoms with van der Waals surface area (Å²) in [5.41, 5.74) is 9.70. The number of carbonyl (C=O) groups excluding carboxylic acids is 1. The fourth-order valence-electron chi connectivity index (χ4n) is 3.57. The first kappa shape index (κ1) is 25.8. The number of nitrogens with zero attached hydrogens (tertiary/aromatic N) is 4. The van der Waals surface area contributed by atoms with E-state index in [1.165, 1.54) is 22.2 Å². The van der Waals surface area contributed by atoms with E-state index in [1.807, 2.05) is 18.2 Å². The van der Waals surface area contributed by atoms with Gasteiger partial charge in [0.05, 0.1) is 18.0 Å². The lowest BCUT2D eigenvalue weighted by Gasteiger charge is -2.26. The molecule has 0 fully saturated rings. The van der Waals surface area contributed by atoms with Crippen molar-refractivity contribution in [2.24, 2.45) is 15.7 Å². The maximum Gasteiger partial charge on any atom is 0.243 e. The van der Waals surface area contributed by atoms with Gasteiger partial charge in [-0.05, 0) is 36.8 Å². The predicted molar refractivity (Wildman–Crippen MR) is 142 cm³/mol. The molecule has 2 aromatic carbocycles. The average Bonchev–Trinajstić information content (AvgIpc) is 2.95. The summed E-state index contributed by atoms with van der Waals surface area (Å²) >= 11 is 6.09. The molecule has 1 heterocycles. The van der Waals surface area contributed by atoms with Crippen LogP contribution in [0, 0.1) is 10.8 Å². The summed E-state index contributed by atoms with van der Waals surface area (Å²) in [4.78, 5) is 23.7. The molecular formula is C25H28ClN7O2. The van der Waals surface area contributed by atoms with Gasteiger partial charge in [0.2, 0.25) is 5.91 Å². The molecule has 1 aliphatic heterocycles. The molecule has 2 aromatic rings. The topological polar surface area (TPSA) is 142 Å². The number of amides is 1. The van der Waals surface area contributed by atoms with Gasteiger partial charge in [-0.2, -0.15) is 0 Å². The molecule has 0 spiro atoms. The second-order valence-corrected chi connectivity index (χ2v) is 8.54. The van der Waals surface area contributed by atoms with Gasteiger partial charge in [0.15, 0.2) is 0 Å². The van der Waals surface area contributed by atoms with Crippen LogP contribution in [0.5, 0.6) is 0 Å². The number of carbonyl (C=O) groups is 1. The monoisotopic (exact) mass is 493 g/mol. The minimum Gasteiger partial charge on any atom is -0.404 e. The summed E-state index contributed by atoms with van der Waals surface area (Å²) in [6.07, 6.45) is 2.94. The molecule has 0 bridgehead atoms. The van der Waals surface area contributed by atoms with Gasteiger partial charge in [0.1, 0.15) is 24.3 Å². The van der Waals surface area contributed by atoms with E-state index in [2.05, 4.69) is 4.99 Å². The maximum atomic E-state index is 11.9. The number of anilines is 1. The van der Waals surface area contributed by atoms with Gasteiger partial charge in [-0.1, -0.05) is 29.8 Å². The fourth-order valence-corrected chi connectivity index (χ4v) is 3.70. The van der Waals surface area contributed by atoms with E-state index in [0.29, 0.717) is 33.1 Å². The lowest BCUT2D eigenvalue weighted by Crippen LogP contribution is -2.41. The van der Waals surface area contributed by atoms with Crippen LogP contribution in [0.15, 0.2) is 58.6 Å². The van der Waals surface area contributed by atoms with Crippen molar-refractivity contribution in [1.82, 2.24) is 4.90 Å². The lowest BCUT2D eigenvalue weighted by molar-refractivity contribution is -0.127. The summed E-state index contributed by atoms with van der Waals surface area (Å²) in [5.74, 6) is -0.0213. The standard InChI is InChI=1S/C25H28ClN7O2/c1-15(28)33-22-9-6-17(18(11-27)12-30-13-23(35)32(2)3)10-20(22)24(31-21(14-34)25(33)29)16-4-7-19(26)8-5-16/h4-12,21,28-29,34H,13-14,27H2,1-3H3/t21-/m0/s1. The van der Waals surface area contributed by atoms with Gasteiger partial charge >= 0.3 is 0 Å². The number of likely N-dealkylation sites (N-methyl/N-ethyl adjacent to an activating group) is 1. The average molecular weight is 494 g/mol. The number of benzodiazepines with no additional fused rings is 1. The van der Waals surface area contributed by atoms with Gasteiger partial charge < -0.3 is 15.7 Å².